The molecule has 2 aromatic rings. The molecule has 0 spiro atoms. The molecule has 0 saturated carbocycles. The Morgan fingerprint density at radius 3 is 2.67 bits per heavy atom. The minimum absolute atomic E-state index is 0.128. The average molecular weight is 267 g/mol. The van der Waals surface area contributed by atoms with Gasteiger partial charge in [-0.1, -0.05) is 11.2 Å². The highest BCUT2D eigenvalue weighted by molar-refractivity contribution is 7.92. The number of rotatable bonds is 3. The first-order valence-electron chi connectivity index (χ1n) is 5.21. The van der Waals surface area contributed by atoms with E-state index in [1.54, 1.807) is 26.0 Å². The lowest BCUT2D eigenvalue weighted by Crippen LogP contribution is -2.15. The molecule has 1 heterocycles. The summed E-state index contributed by atoms with van der Waals surface area (Å²) in [5.74, 6) is 0.673. The van der Waals surface area contributed by atoms with E-state index in [9.17, 15) is 8.42 Å². The fourth-order valence-electron chi connectivity index (χ4n) is 1.53. The number of nitrogens with zero attached hydrogens (tertiary/aromatic N) is 1. The third kappa shape index (κ3) is 2.30. The first kappa shape index (κ1) is 12.4. The van der Waals surface area contributed by atoms with Crippen molar-refractivity contribution in [2.24, 2.45) is 0 Å². The zero-order valence-electron chi connectivity index (χ0n) is 9.97. The maximum absolute atomic E-state index is 12.1. The predicted octanol–water partition coefficient (Wildman–Crippen LogP) is 1.67. The lowest BCUT2D eigenvalue weighted by molar-refractivity contribution is 0.400. The van der Waals surface area contributed by atoms with Crippen molar-refractivity contribution in [1.29, 1.82) is 0 Å². The number of nitrogens with one attached hydrogen (secondary N) is 1. The molecule has 0 radical (unpaired) electrons. The molecule has 0 unspecified atom stereocenters. The first-order valence-corrected chi connectivity index (χ1v) is 6.70. The molecule has 96 valence electrons. The van der Waals surface area contributed by atoms with Gasteiger partial charge in [-0.3, -0.25) is 4.72 Å². The van der Waals surface area contributed by atoms with E-state index in [4.69, 9.17) is 10.3 Å². The van der Waals surface area contributed by atoms with Crippen LogP contribution in [0.5, 0.6) is 0 Å². The Kier molecular flexibility index (Phi) is 3.00. The standard InChI is InChI=1S/C11H13N3O3S/c1-7-6-11(13-17-7)14-18(15,16)10-5-3-4-9(12)8(10)2/h3-6H,12H2,1-2H3,(H,13,14). The summed E-state index contributed by atoms with van der Waals surface area (Å²) < 4.78 is 31.4. The van der Waals surface area contributed by atoms with E-state index in [0.717, 1.165) is 0 Å². The van der Waals surface area contributed by atoms with E-state index in [1.165, 1.54) is 12.1 Å². The molecule has 0 aliphatic rings. The van der Waals surface area contributed by atoms with Crippen LogP contribution in [0.15, 0.2) is 33.7 Å². The molecule has 1 aromatic heterocycles. The number of aryl methyl sites for hydroxylation is 1. The Morgan fingerprint density at radius 2 is 2.06 bits per heavy atom. The molecule has 3 N–H and O–H groups in total. The normalized spacial score (nSPS) is 11.4. The highest BCUT2D eigenvalue weighted by Gasteiger charge is 2.19. The maximum Gasteiger partial charge on any atom is 0.263 e. The Morgan fingerprint density at radius 1 is 1.33 bits per heavy atom. The monoisotopic (exact) mass is 267 g/mol. The Bertz CT molecular complexity index is 677. The molecule has 0 bridgehead atoms. The van der Waals surface area contributed by atoms with Crippen LogP contribution >= 0.6 is 0 Å². The zero-order valence-corrected chi connectivity index (χ0v) is 10.8. The lowest BCUT2D eigenvalue weighted by Gasteiger charge is -2.09. The van der Waals surface area contributed by atoms with Crippen LogP contribution in [-0.2, 0) is 10.0 Å². The van der Waals surface area contributed by atoms with Gasteiger partial charge in [-0.05, 0) is 31.5 Å². The SMILES string of the molecule is Cc1cc(NS(=O)(=O)c2cccc(N)c2C)no1. The van der Waals surface area contributed by atoms with Gasteiger partial charge in [-0.25, -0.2) is 8.42 Å². The second-order valence-electron chi connectivity index (χ2n) is 3.90. The highest BCUT2D eigenvalue weighted by atomic mass is 32.2. The van der Waals surface area contributed by atoms with Gasteiger partial charge < -0.3 is 10.3 Å². The van der Waals surface area contributed by atoms with Crippen LogP contribution in [0.4, 0.5) is 11.5 Å². The average Bonchev–Trinajstić information content (AvgIpc) is 2.67. The minimum Gasteiger partial charge on any atom is -0.398 e. The zero-order chi connectivity index (χ0) is 13.3. The smallest absolute Gasteiger partial charge is 0.263 e. The van der Waals surface area contributed by atoms with Crippen molar-refractivity contribution in [3.05, 3.63) is 35.6 Å². The van der Waals surface area contributed by atoms with Crippen LogP contribution in [0, 0.1) is 13.8 Å². The number of benzene rings is 1. The summed E-state index contributed by atoms with van der Waals surface area (Å²) in [6.45, 7) is 3.33. The van der Waals surface area contributed by atoms with Crippen molar-refractivity contribution in [3.8, 4) is 0 Å². The number of hydrogen-bond acceptors (Lipinski definition) is 5. The number of anilines is 2. The topological polar surface area (TPSA) is 98.2 Å². The van der Waals surface area contributed by atoms with E-state index in [2.05, 4.69) is 9.88 Å². The summed E-state index contributed by atoms with van der Waals surface area (Å²) >= 11 is 0. The third-order valence-electron chi connectivity index (χ3n) is 2.48. The molecule has 0 aliphatic carbocycles. The Balaban J connectivity index is 2.40. The third-order valence-corrected chi connectivity index (χ3v) is 3.98. The van der Waals surface area contributed by atoms with Crippen LogP contribution in [0.25, 0.3) is 0 Å². The molecule has 0 saturated heterocycles. The number of nitrogen functional groups attached to an aromatic ring is 1. The van der Waals surface area contributed by atoms with Crippen molar-refractivity contribution in [1.82, 2.24) is 5.16 Å². The van der Waals surface area contributed by atoms with Gasteiger partial charge in [0.15, 0.2) is 5.82 Å². The van der Waals surface area contributed by atoms with Gasteiger partial charge in [0, 0.05) is 11.8 Å². The van der Waals surface area contributed by atoms with Gasteiger partial charge in [0.25, 0.3) is 10.0 Å². The highest BCUT2D eigenvalue weighted by Crippen LogP contribution is 2.22. The van der Waals surface area contributed by atoms with Crippen molar-refractivity contribution < 1.29 is 12.9 Å². The molecular formula is C11H13N3O3S. The molecular weight excluding hydrogens is 254 g/mol. The Labute approximate surface area is 105 Å². The number of sulfonamides is 1. The van der Waals surface area contributed by atoms with Crippen molar-refractivity contribution in [3.63, 3.8) is 0 Å². The Hall–Kier alpha value is -2.02. The summed E-state index contributed by atoms with van der Waals surface area (Å²) in [6.07, 6.45) is 0. The lowest BCUT2D eigenvalue weighted by atomic mass is 10.2. The van der Waals surface area contributed by atoms with E-state index in [1.807, 2.05) is 0 Å². The molecule has 2 rings (SSSR count). The van der Waals surface area contributed by atoms with Crippen LogP contribution in [-0.4, -0.2) is 13.6 Å². The number of nitrogens with two attached hydrogens (primary N) is 1. The van der Waals surface area contributed by atoms with Crippen molar-refractivity contribution in [2.75, 3.05) is 10.5 Å². The van der Waals surface area contributed by atoms with Crippen molar-refractivity contribution >= 4 is 21.5 Å². The van der Waals surface area contributed by atoms with E-state index < -0.39 is 10.0 Å². The van der Waals surface area contributed by atoms with Crippen LogP contribution in [0.2, 0.25) is 0 Å². The fourth-order valence-corrected chi connectivity index (χ4v) is 2.79. The van der Waals surface area contributed by atoms with Gasteiger partial charge in [0.1, 0.15) is 5.76 Å². The van der Waals surface area contributed by atoms with Gasteiger partial charge in [0.2, 0.25) is 0 Å². The molecule has 18 heavy (non-hydrogen) atoms. The summed E-state index contributed by atoms with van der Waals surface area (Å²) in [4.78, 5) is 0.128. The molecule has 6 nitrogen and oxygen atoms in total. The van der Waals surface area contributed by atoms with Gasteiger partial charge in [0.05, 0.1) is 4.90 Å². The second kappa shape index (κ2) is 4.34. The van der Waals surface area contributed by atoms with E-state index >= 15 is 0 Å². The van der Waals surface area contributed by atoms with Gasteiger partial charge in [-0.2, -0.15) is 0 Å². The van der Waals surface area contributed by atoms with Crippen LogP contribution in [0.1, 0.15) is 11.3 Å². The van der Waals surface area contributed by atoms with E-state index in [0.29, 0.717) is 17.0 Å². The summed E-state index contributed by atoms with van der Waals surface area (Å²) in [5.41, 5.74) is 6.62. The number of aromatic nitrogens is 1. The summed E-state index contributed by atoms with van der Waals surface area (Å²) in [6, 6.07) is 6.22. The van der Waals surface area contributed by atoms with Gasteiger partial charge in [-0.15, -0.1) is 0 Å². The maximum atomic E-state index is 12.1. The quantitative estimate of drug-likeness (QED) is 0.824. The molecule has 0 atom stereocenters. The predicted molar refractivity (Wildman–Crippen MR) is 67.6 cm³/mol. The summed E-state index contributed by atoms with van der Waals surface area (Å²) in [7, 11) is -3.71. The van der Waals surface area contributed by atoms with Gasteiger partial charge >= 0.3 is 0 Å². The van der Waals surface area contributed by atoms with Crippen LogP contribution < -0.4 is 10.5 Å². The molecule has 0 aliphatic heterocycles. The molecule has 0 fully saturated rings. The second-order valence-corrected chi connectivity index (χ2v) is 5.55. The molecule has 7 heteroatoms. The minimum atomic E-state index is -3.71. The molecule has 1 aromatic carbocycles. The van der Waals surface area contributed by atoms with Crippen molar-refractivity contribution in [2.45, 2.75) is 18.7 Å². The first-order chi connectivity index (χ1) is 8.40. The number of hydrogen-bond donors (Lipinski definition) is 2. The largest absolute Gasteiger partial charge is 0.398 e. The van der Waals surface area contributed by atoms with Crippen LogP contribution in [0.3, 0.4) is 0 Å². The molecule has 0 amide bonds. The fraction of sp³-hybridized carbons (Fsp3) is 0.182. The summed E-state index contributed by atoms with van der Waals surface area (Å²) in [5, 5.41) is 3.58. The van der Waals surface area contributed by atoms with E-state index in [-0.39, 0.29) is 10.7 Å².